The molecule has 0 bridgehead atoms. The highest BCUT2D eigenvalue weighted by Crippen LogP contribution is 2.34. The summed E-state index contributed by atoms with van der Waals surface area (Å²) in [6, 6.07) is 9.63. The highest BCUT2D eigenvalue weighted by atomic mass is 35.5. The number of carboxylic acid groups (broad SMARTS) is 1. The highest BCUT2D eigenvalue weighted by Gasteiger charge is 2.31. The maximum absolute atomic E-state index is 11.2. The van der Waals surface area contributed by atoms with Crippen LogP contribution < -0.4 is 0 Å². The minimum atomic E-state index is -0.709. The normalized spacial score (nSPS) is 17.4. The van der Waals surface area contributed by atoms with Crippen molar-refractivity contribution in [3.63, 3.8) is 0 Å². The first kappa shape index (κ1) is 18.2. The fourth-order valence-electron chi connectivity index (χ4n) is 3.30. The van der Waals surface area contributed by atoms with Crippen molar-refractivity contribution in [3.8, 4) is 0 Å². The van der Waals surface area contributed by atoms with Crippen LogP contribution in [0, 0.1) is 12.8 Å². The van der Waals surface area contributed by atoms with Crippen LogP contribution in [0.15, 0.2) is 36.5 Å². The topological polar surface area (TPSA) is 53.4 Å². The zero-order valence-corrected chi connectivity index (χ0v) is 15.5. The molecule has 0 spiro atoms. The van der Waals surface area contributed by atoms with E-state index in [4.69, 9.17) is 23.2 Å². The van der Waals surface area contributed by atoms with Crippen LogP contribution in [-0.2, 0) is 4.79 Å². The lowest BCUT2D eigenvalue weighted by molar-refractivity contribution is -0.143. The smallest absolute Gasteiger partial charge is 0.306 e. The summed E-state index contributed by atoms with van der Waals surface area (Å²) in [5, 5.41) is 10.3. The summed E-state index contributed by atoms with van der Waals surface area (Å²) in [4.78, 5) is 18.1. The van der Waals surface area contributed by atoms with Crippen molar-refractivity contribution in [1.29, 1.82) is 0 Å². The molecule has 1 aromatic heterocycles. The van der Waals surface area contributed by atoms with Crippen LogP contribution >= 0.6 is 23.2 Å². The first-order chi connectivity index (χ1) is 12.0. The van der Waals surface area contributed by atoms with Gasteiger partial charge in [-0.05, 0) is 62.2 Å². The van der Waals surface area contributed by atoms with Crippen molar-refractivity contribution in [1.82, 2.24) is 9.88 Å². The Morgan fingerprint density at radius 3 is 2.48 bits per heavy atom. The van der Waals surface area contributed by atoms with E-state index in [1.54, 1.807) is 6.07 Å². The van der Waals surface area contributed by atoms with Crippen LogP contribution in [0.3, 0.4) is 0 Å². The number of piperidine rings is 1. The zero-order chi connectivity index (χ0) is 18.0. The quantitative estimate of drug-likeness (QED) is 0.845. The number of benzene rings is 1. The second kappa shape index (κ2) is 7.73. The highest BCUT2D eigenvalue weighted by molar-refractivity contribution is 6.42. The van der Waals surface area contributed by atoms with Crippen molar-refractivity contribution in [2.75, 3.05) is 13.1 Å². The summed E-state index contributed by atoms with van der Waals surface area (Å²) in [5.41, 5.74) is 3.04. The van der Waals surface area contributed by atoms with E-state index in [-0.39, 0.29) is 12.0 Å². The third kappa shape index (κ3) is 4.14. The van der Waals surface area contributed by atoms with Crippen molar-refractivity contribution in [2.45, 2.75) is 25.8 Å². The predicted octanol–water partition coefficient (Wildman–Crippen LogP) is 4.58. The number of aliphatic carboxylic acids is 1. The molecule has 2 aromatic rings. The Kier molecular flexibility index (Phi) is 5.62. The Labute approximate surface area is 157 Å². The largest absolute Gasteiger partial charge is 0.481 e. The molecule has 132 valence electrons. The van der Waals surface area contributed by atoms with Crippen molar-refractivity contribution in [2.24, 2.45) is 5.92 Å². The van der Waals surface area contributed by atoms with E-state index < -0.39 is 5.97 Å². The molecule has 1 unspecified atom stereocenters. The average molecular weight is 379 g/mol. The maximum Gasteiger partial charge on any atom is 0.306 e. The van der Waals surface area contributed by atoms with Gasteiger partial charge in [0.05, 0.1) is 27.7 Å². The van der Waals surface area contributed by atoms with Gasteiger partial charge in [0, 0.05) is 6.20 Å². The molecule has 1 saturated heterocycles. The second-order valence-electron chi connectivity index (χ2n) is 6.48. The van der Waals surface area contributed by atoms with Gasteiger partial charge in [-0.1, -0.05) is 35.3 Å². The number of hydrogen-bond donors (Lipinski definition) is 1. The van der Waals surface area contributed by atoms with Crippen LogP contribution in [0.25, 0.3) is 0 Å². The fourth-order valence-corrected chi connectivity index (χ4v) is 3.60. The molecule has 25 heavy (non-hydrogen) atoms. The standard InChI is InChI=1S/C19H20Cl2N2O2/c1-12-2-5-17(22-11-12)18(14-3-4-15(20)16(21)10-14)23-8-6-13(7-9-23)19(24)25/h2-5,10-11,13,18H,6-9H2,1H3,(H,24,25). The van der Waals surface area contributed by atoms with Crippen molar-refractivity contribution < 1.29 is 9.90 Å². The van der Waals surface area contributed by atoms with Crippen molar-refractivity contribution in [3.05, 3.63) is 63.4 Å². The number of hydrogen-bond acceptors (Lipinski definition) is 3. The number of rotatable bonds is 4. The summed E-state index contributed by atoms with van der Waals surface area (Å²) in [5.74, 6) is -0.976. The second-order valence-corrected chi connectivity index (χ2v) is 7.30. The van der Waals surface area contributed by atoms with Gasteiger partial charge < -0.3 is 5.11 Å². The molecule has 1 fully saturated rings. The van der Waals surface area contributed by atoms with Gasteiger partial charge in [0.25, 0.3) is 0 Å². The van der Waals surface area contributed by atoms with E-state index in [0.717, 1.165) is 16.8 Å². The molecule has 4 nitrogen and oxygen atoms in total. The molecular weight excluding hydrogens is 359 g/mol. The first-order valence-corrected chi connectivity index (χ1v) is 9.05. The minimum Gasteiger partial charge on any atom is -0.481 e. The molecule has 1 aliphatic heterocycles. The lowest BCUT2D eigenvalue weighted by Crippen LogP contribution is -2.39. The summed E-state index contributed by atoms with van der Waals surface area (Å²) < 4.78 is 0. The van der Waals surface area contributed by atoms with Gasteiger partial charge in [0.2, 0.25) is 0 Å². The summed E-state index contributed by atoms with van der Waals surface area (Å²) >= 11 is 12.3. The molecule has 0 saturated carbocycles. The Morgan fingerprint density at radius 2 is 1.92 bits per heavy atom. The lowest BCUT2D eigenvalue weighted by atomic mass is 9.93. The number of nitrogens with zero attached hydrogens (tertiary/aromatic N) is 2. The van der Waals surface area contributed by atoms with Gasteiger partial charge in [0.15, 0.2) is 0 Å². The number of aromatic nitrogens is 1. The number of aryl methyl sites for hydroxylation is 1. The Balaban J connectivity index is 1.93. The van der Waals surface area contributed by atoms with E-state index in [1.165, 1.54) is 0 Å². The van der Waals surface area contributed by atoms with E-state index >= 15 is 0 Å². The SMILES string of the molecule is Cc1ccc(C(c2ccc(Cl)c(Cl)c2)N2CCC(C(=O)O)CC2)nc1. The number of carbonyl (C=O) groups is 1. The van der Waals surface area contributed by atoms with Gasteiger partial charge in [0.1, 0.15) is 0 Å². The number of halogens is 2. The van der Waals surface area contributed by atoms with Crippen LogP contribution in [0.1, 0.15) is 35.7 Å². The van der Waals surface area contributed by atoms with E-state index in [1.807, 2.05) is 37.4 Å². The summed E-state index contributed by atoms with van der Waals surface area (Å²) in [6.45, 7) is 3.41. The molecule has 6 heteroatoms. The van der Waals surface area contributed by atoms with Gasteiger partial charge in [-0.3, -0.25) is 14.7 Å². The molecule has 0 aliphatic carbocycles. The molecule has 1 N–H and O–H groups in total. The van der Waals surface area contributed by atoms with Crippen LogP contribution in [0.2, 0.25) is 10.0 Å². The first-order valence-electron chi connectivity index (χ1n) is 8.30. The van der Waals surface area contributed by atoms with Crippen LogP contribution in [-0.4, -0.2) is 34.0 Å². The molecule has 2 heterocycles. The average Bonchev–Trinajstić information content (AvgIpc) is 2.60. The Hall–Kier alpha value is -1.62. The van der Waals surface area contributed by atoms with Gasteiger partial charge >= 0.3 is 5.97 Å². The van der Waals surface area contributed by atoms with Crippen molar-refractivity contribution >= 4 is 29.2 Å². The summed E-state index contributed by atoms with van der Waals surface area (Å²) in [7, 11) is 0. The predicted molar refractivity (Wildman–Crippen MR) is 99.2 cm³/mol. The Morgan fingerprint density at radius 1 is 1.20 bits per heavy atom. The summed E-state index contributed by atoms with van der Waals surface area (Å²) in [6.07, 6.45) is 3.13. The lowest BCUT2D eigenvalue weighted by Gasteiger charge is -2.36. The zero-order valence-electron chi connectivity index (χ0n) is 14.0. The molecular formula is C19H20Cl2N2O2. The molecule has 1 aromatic carbocycles. The fraction of sp³-hybridized carbons (Fsp3) is 0.368. The Bertz CT molecular complexity index is 757. The number of likely N-dealkylation sites (tertiary alicyclic amines) is 1. The van der Waals surface area contributed by atoms with Gasteiger partial charge in [-0.25, -0.2) is 0 Å². The molecule has 0 amide bonds. The third-order valence-electron chi connectivity index (χ3n) is 4.72. The number of pyridine rings is 1. The van der Waals surface area contributed by atoms with Gasteiger partial charge in [-0.2, -0.15) is 0 Å². The molecule has 1 aliphatic rings. The van der Waals surface area contributed by atoms with E-state index in [2.05, 4.69) is 9.88 Å². The third-order valence-corrected chi connectivity index (χ3v) is 5.46. The molecule has 0 radical (unpaired) electrons. The van der Waals surface area contributed by atoms with Crippen LogP contribution in [0.5, 0.6) is 0 Å². The molecule has 3 rings (SSSR count). The molecule has 1 atom stereocenters. The van der Waals surface area contributed by atoms with E-state index in [0.29, 0.717) is 36.0 Å². The van der Waals surface area contributed by atoms with E-state index in [9.17, 15) is 9.90 Å². The number of carboxylic acids is 1. The van der Waals surface area contributed by atoms with Crippen LogP contribution in [0.4, 0.5) is 0 Å². The monoisotopic (exact) mass is 378 g/mol. The minimum absolute atomic E-state index is 0.0647. The van der Waals surface area contributed by atoms with Gasteiger partial charge in [-0.15, -0.1) is 0 Å². The maximum atomic E-state index is 11.2.